The number of nitrogens with one attached hydrogen (secondary N) is 1. The minimum atomic E-state index is -0.453. The van der Waals surface area contributed by atoms with Crippen molar-refractivity contribution in [3.05, 3.63) is 23.2 Å². The van der Waals surface area contributed by atoms with Crippen LogP contribution in [0.25, 0.3) is 0 Å². The largest absolute Gasteiger partial charge is 0.456 e. The molecule has 1 atom stereocenters. The van der Waals surface area contributed by atoms with E-state index in [4.69, 9.17) is 16.0 Å². The first-order valence-corrected chi connectivity index (χ1v) is 6.13. The molecule has 19 heavy (non-hydrogen) atoms. The highest BCUT2D eigenvalue weighted by molar-refractivity contribution is 5.91. The average molecular weight is 266 g/mol. The molecule has 0 spiro atoms. The van der Waals surface area contributed by atoms with E-state index in [1.54, 1.807) is 13.0 Å². The highest BCUT2D eigenvalue weighted by Gasteiger charge is 2.27. The van der Waals surface area contributed by atoms with Gasteiger partial charge in [0.25, 0.3) is 0 Å². The molecular weight excluding hydrogens is 248 g/mol. The molecule has 1 aromatic rings. The summed E-state index contributed by atoms with van der Waals surface area (Å²) in [6, 6.07) is 1.68. The van der Waals surface area contributed by atoms with Crippen LogP contribution >= 0.6 is 0 Å². The highest BCUT2D eigenvalue weighted by Crippen LogP contribution is 2.21. The van der Waals surface area contributed by atoms with Crippen molar-refractivity contribution in [3.63, 3.8) is 0 Å². The van der Waals surface area contributed by atoms with Crippen molar-refractivity contribution in [2.45, 2.75) is 19.9 Å². The smallest absolute Gasteiger partial charge is 0.300 e. The Balaban J connectivity index is 2.02. The molecule has 1 unspecified atom stereocenters. The maximum atomic E-state index is 11.4. The lowest BCUT2D eigenvalue weighted by molar-refractivity contribution is -0.121. The Labute approximate surface area is 110 Å². The third-order valence-corrected chi connectivity index (χ3v) is 3.44. The van der Waals surface area contributed by atoms with Crippen LogP contribution in [0.1, 0.15) is 28.3 Å². The maximum Gasteiger partial charge on any atom is 0.300 e. The van der Waals surface area contributed by atoms with Crippen molar-refractivity contribution < 1.29 is 14.0 Å². The van der Waals surface area contributed by atoms with E-state index in [0.717, 1.165) is 18.5 Å². The maximum absolute atomic E-state index is 11.4. The van der Waals surface area contributed by atoms with Gasteiger partial charge in [-0.15, -0.1) is 0 Å². The predicted molar refractivity (Wildman–Crippen MR) is 67.7 cm³/mol. The Morgan fingerprint density at radius 3 is 2.89 bits per heavy atom. The molecule has 1 aliphatic rings. The standard InChI is InChI=1S/C12H18N4O3/c1-7-9(4-10(19-7)12(18)15-14)6-16-3-2-8(5-16)11(13)17/h4,8H,2-3,5-6,14H2,1H3,(H2,13,17)(H,15,18). The third kappa shape index (κ3) is 2.94. The summed E-state index contributed by atoms with van der Waals surface area (Å²) in [6.07, 6.45) is 0.780. The lowest BCUT2D eigenvalue weighted by Crippen LogP contribution is -2.29. The number of primary amides is 1. The molecule has 1 fully saturated rings. The topological polar surface area (TPSA) is 115 Å². The van der Waals surface area contributed by atoms with Crippen molar-refractivity contribution >= 4 is 11.8 Å². The fraction of sp³-hybridized carbons (Fsp3) is 0.500. The number of hydrazine groups is 1. The monoisotopic (exact) mass is 266 g/mol. The van der Waals surface area contributed by atoms with E-state index in [1.165, 1.54) is 0 Å². The molecule has 0 aromatic carbocycles. The average Bonchev–Trinajstić information content (AvgIpc) is 2.97. The number of carbonyl (C=O) groups is 2. The molecule has 2 rings (SSSR count). The van der Waals surface area contributed by atoms with E-state index in [9.17, 15) is 9.59 Å². The van der Waals surface area contributed by atoms with Crippen molar-refractivity contribution in [1.82, 2.24) is 10.3 Å². The number of nitrogens with zero attached hydrogens (tertiary/aromatic N) is 1. The molecule has 7 nitrogen and oxygen atoms in total. The number of nitrogens with two attached hydrogens (primary N) is 2. The Kier molecular flexibility index (Phi) is 3.87. The van der Waals surface area contributed by atoms with Crippen molar-refractivity contribution in [2.75, 3.05) is 13.1 Å². The SMILES string of the molecule is Cc1oc(C(=O)NN)cc1CN1CCC(C(N)=O)C1. The second-order valence-corrected chi connectivity index (χ2v) is 4.79. The molecule has 1 saturated heterocycles. The summed E-state index contributed by atoms with van der Waals surface area (Å²) in [4.78, 5) is 24.6. The summed E-state index contributed by atoms with van der Waals surface area (Å²) < 4.78 is 5.34. The predicted octanol–water partition coefficient (Wildman–Crippen LogP) is -0.501. The van der Waals surface area contributed by atoms with Gasteiger partial charge in [-0.25, -0.2) is 5.84 Å². The van der Waals surface area contributed by atoms with Crippen molar-refractivity contribution in [2.24, 2.45) is 17.5 Å². The van der Waals surface area contributed by atoms with E-state index in [0.29, 0.717) is 18.8 Å². The number of nitrogen functional groups attached to an aromatic ring is 1. The number of hydrogen-bond donors (Lipinski definition) is 3. The Bertz CT molecular complexity index is 497. The molecule has 5 N–H and O–H groups in total. The van der Waals surface area contributed by atoms with E-state index >= 15 is 0 Å². The molecule has 104 valence electrons. The normalized spacial score (nSPS) is 19.6. The Morgan fingerprint density at radius 1 is 1.58 bits per heavy atom. The van der Waals surface area contributed by atoms with Crippen LogP contribution in [-0.2, 0) is 11.3 Å². The number of likely N-dealkylation sites (tertiary alicyclic amines) is 1. The molecule has 1 aliphatic heterocycles. The third-order valence-electron chi connectivity index (χ3n) is 3.44. The minimum Gasteiger partial charge on any atom is -0.456 e. The minimum absolute atomic E-state index is 0.0842. The fourth-order valence-corrected chi connectivity index (χ4v) is 2.31. The quantitative estimate of drug-likeness (QED) is 0.386. The van der Waals surface area contributed by atoms with Crippen LogP contribution in [0.5, 0.6) is 0 Å². The fourth-order valence-electron chi connectivity index (χ4n) is 2.31. The highest BCUT2D eigenvalue weighted by atomic mass is 16.4. The van der Waals surface area contributed by atoms with Gasteiger partial charge in [0.1, 0.15) is 5.76 Å². The molecule has 2 heterocycles. The van der Waals surface area contributed by atoms with Gasteiger partial charge >= 0.3 is 5.91 Å². The molecule has 1 aromatic heterocycles. The van der Waals surface area contributed by atoms with E-state index < -0.39 is 5.91 Å². The van der Waals surface area contributed by atoms with Crippen LogP contribution in [0.4, 0.5) is 0 Å². The number of hydrogen-bond acceptors (Lipinski definition) is 5. The summed E-state index contributed by atoms with van der Waals surface area (Å²) in [5.41, 5.74) is 8.24. The second-order valence-electron chi connectivity index (χ2n) is 4.79. The van der Waals surface area contributed by atoms with Gasteiger partial charge in [0.15, 0.2) is 5.76 Å². The van der Waals surface area contributed by atoms with Gasteiger partial charge < -0.3 is 10.2 Å². The number of aryl methyl sites for hydroxylation is 1. The number of rotatable bonds is 4. The summed E-state index contributed by atoms with van der Waals surface area (Å²) in [5, 5.41) is 0. The summed E-state index contributed by atoms with van der Waals surface area (Å²) in [7, 11) is 0. The van der Waals surface area contributed by atoms with Crippen molar-refractivity contribution in [3.8, 4) is 0 Å². The number of amides is 2. The first-order valence-electron chi connectivity index (χ1n) is 6.13. The molecule has 0 saturated carbocycles. The van der Waals surface area contributed by atoms with Gasteiger partial charge in [-0.1, -0.05) is 0 Å². The van der Waals surface area contributed by atoms with E-state index in [-0.39, 0.29) is 17.6 Å². The summed E-state index contributed by atoms with van der Waals surface area (Å²) >= 11 is 0. The van der Waals surface area contributed by atoms with Crippen LogP contribution in [-0.4, -0.2) is 29.8 Å². The first-order chi connectivity index (χ1) is 9.01. The van der Waals surface area contributed by atoms with Gasteiger partial charge in [0, 0.05) is 18.7 Å². The molecule has 7 heteroatoms. The van der Waals surface area contributed by atoms with Gasteiger partial charge in [0.2, 0.25) is 5.91 Å². The van der Waals surface area contributed by atoms with Gasteiger partial charge in [-0.3, -0.25) is 19.9 Å². The van der Waals surface area contributed by atoms with Gasteiger partial charge in [0.05, 0.1) is 5.92 Å². The molecule has 0 aliphatic carbocycles. The van der Waals surface area contributed by atoms with Gasteiger partial charge in [-0.2, -0.15) is 0 Å². The second kappa shape index (κ2) is 5.41. The number of furan rings is 1. The number of carbonyl (C=O) groups excluding carboxylic acids is 2. The Morgan fingerprint density at radius 2 is 2.32 bits per heavy atom. The Hall–Kier alpha value is -1.86. The first kappa shape index (κ1) is 13.6. The van der Waals surface area contributed by atoms with E-state index in [1.807, 2.05) is 5.43 Å². The molecule has 0 bridgehead atoms. The van der Waals surface area contributed by atoms with Crippen LogP contribution < -0.4 is 17.0 Å². The molecule has 0 radical (unpaired) electrons. The zero-order chi connectivity index (χ0) is 14.0. The van der Waals surface area contributed by atoms with Crippen molar-refractivity contribution in [1.29, 1.82) is 0 Å². The summed E-state index contributed by atoms with van der Waals surface area (Å²) in [6.45, 7) is 3.90. The molecular formula is C12H18N4O3. The van der Waals surface area contributed by atoms with Crippen LogP contribution in [0.3, 0.4) is 0 Å². The zero-order valence-corrected chi connectivity index (χ0v) is 10.8. The van der Waals surface area contributed by atoms with Crippen LogP contribution in [0, 0.1) is 12.8 Å². The lowest BCUT2D eigenvalue weighted by atomic mass is 10.1. The lowest BCUT2D eigenvalue weighted by Gasteiger charge is -2.14. The van der Waals surface area contributed by atoms with Crippen LogP contribution in [0.15, 0.2) is 10.5 Å². The van der Waals surface area contributed by atoms with Crippen LogP contribution in [0.2, 0.25) is 0 Å². The molecule has 2 amide bonds. The van der Waals surface area contributed by atoms with E-state index in [2.05, 4.69) is 4.90 Å². The zero-order valence-electron chi connectivity index (χ0n) is 10.8. The summed E-state index contributed by atoms with van der Waals surface area (Å²) in [5.74, 6) is 5.14. The van der Waals surface area contributed by atoms with Gasteiger partial charge in [-0.05, 0) is 26.0 Å².